The molecule has 3 N–H and O–H groups in total. The molecule has 40 heavy (non-hydrogen) atoms. The van der Waals surface area contributed by atoms with Gasteiger partial charge < -0.3 is 25.5 Å². The van der Waals surface area contributed by atoms with E-state index < -0.39 is 0 Å². The van der Waals surface area contributed by atoms with Crippen LogP contribution in [-0.4, -0.2) is 68.2 Å². The van der Waals surface area contributed by atoms with E-state index in [1.807, 2.05) is 48.8 Å². The van der Waals surface area contributed by atoms with Crippen molar-refractivity contribution in [3.8, 4) is 0 Å². The lowest BCUT2D eigenvalue weighted by atomic mass is 10.0. The van der Waals surface area contributed by atoms with Crippen molar-refractivity contribution < 1.29 is 9.90 Å². The second-order valence-corrected chi connectivity index (χ2v) is 10.0. The smallest absolute Gasteiger partial charge is 0.231 e. The molecule has 1 amide bonds. The van der Waals surface area contributed by atoms with Crippen molar-refractivity contribution in [2.75, 3.05) is 46.7 Å². The van der Waals surface area contributed by atoms with E-state index in [0.29, 0.717) is 50.3 Å². The molecule has 2 aromatic heterocycles. The summed E-state index contributed by atoms with van der Waals surface area (Å²) in [6.07, 6.45) is 7.86. The molecule has 0 saturated carbocycles. The van der Waals surface area contributed by atoms with Crippen LogP contribution < -0.4 is 20.4 Å². The van der Waals surface area contributed by atoms with Crippen LogP contribution in [0.25, 0.3) is 0 Å². The van der Waals surface area contributed by atoms with Gasteiger partial charge in [0.25, 0.3) is 0 Å². The van der Waals surface area contributed by atoms with E-state index in [-0.39, 0.29) is 18.6 Å². The van der Waals surface area contributed by atoms with Gasteiger partial charge in [0.2, 0.25) is 23.8 Å². The molecule has 0 aliphatic carbocycles. The second-order valence-electron chi connectivity index (χ2n) is 10.0. The van der Waals surface area contributed by atoms with Crippen molar-refractivity contribution in [1.82, 2.24) is 24.9 Å². The fourth-order valence-electron chi connectivity index (χ4n) is 5.19. The maximum Gasteiger partial charge on any atom is 0.231 e. The summed E-state index contributed by atoms with van der Waals surface area (Å²) in [5.74, 6) is 1.67. The van der Waals surface area contributed by atoms with Crippen LogP contribution in [-0.2, 0) is 17.6 Å². The number of aromatic nitrogens is 5. The van der Waals surface area contributed by atoms with Crippen molar-refractivity contribution in [1.29, 1.82) is 0 Å². The first-order valence-corrected chi connectivity index (χ1v) is 13.5. The third-order valence-corrected chi connectivity index (χ3v) is 7.25. The van der Waals surface area contributed by atoms with Crippen LogP contribution in [0.15, 0.2) is 67.3 Å². The van der Waals surface area contributed by atoms with Crippen LogP contribution in [0.3, 0.4) is 0 Å². The van der Waals surface area contributed by atoms with Gasteiger partial charge in [-0.3, -0.25) is 4.79 Å². The Morgan fingerprint density at radius 3 is 2.62 bits per heavy atom. The maximum absolute atomic E-state index is 11.8. The molecule has 1 saturated heterocycles. The molecule has 1 fully saturated rings. The fraction of sp³-hybridized carbons (Fsp3) is 0.310. The lowest BCUT2D eigenvalue weighted by Crippen LogP contribution is -2.54. The highest BCUT2D eigenvalue weighted by molar-refractivity contribution is 5.94. The molecule has 2 aliphatic heterocycles. The number of nitrogens with one attached hydrogen (secondary N) is 2. The first kappa shape index (κ1) is 25.6. The van der Waals surface area contributed by atoms with Gasteiger partial charge in [0.15, 0.2) is 0 Å². The SMILES string of the molecule is O=C1CCc2ccc(Nc3ncnc(N4CCN(c5ncc(Cc6ccccc6)cn5)C(CCO)C4)n3)cc2N1. The molecular formula is C29H31N9O2. The van der Waals surface area contributed by atoms with Crippen LogP contribution in [0.5, 0.6) is 0 Å². The van der Waals surface area contributed by atoms with Crippen molar-refractivity contribution in [3.63, 3.8) is 0 Å². The van der Waals surface area contributed by atoms with Gasteiger partial charge in [0, 0.05) is 62.9 Å². The quantitative estimate of drug-likeness (QED) is 0.308. The molecule has 204 valence electrons. The Kier molecular flexibility index (Phi) is 7.45. The molecule has 0 radical (unpaired) electrons. The summed E-state index contributed by atoms with van der Waals surface area (Å²) >= 11 is 0. The number of hydrogen-bond acceptors (Lipinski definition) is 10. The average Bonchev–Trinajstić information content (AvgIpc) is 2.98. The molecule has 1 atom stereocenters. The van der Waals surface area contributed by atoms with E-state index >= 15 is 0 Å². The molecule has 11 heteroatoms. The largest absolute Gasteiger partial charge is 0.396 e. The standard InChI is InChI=1S/C29H31N9O2/c39-13-10-24-18-37(11-12-38(24)28-30-16-21(17-31-28)14-20-4-2-1-3-5-20)29-33-19-32-27(36-29)34-23-8-6-22-7-9-26(40)35-25(22)15-23/h1-6,8,15-17,19,24,39H,7,9-14,18H2,(H,35,40)(H,32,33,34,36). The molecule has 2 aromatic carbocycles. The summed E-state index contributed by atoms with van der Waals surface area (Å²) in [5, 5.41) is 15.9. The van der Waals surface area contributed by atoms with Gasteiger partial charge in [-0.15, -0.1) is 0 Å². The number of nitrogens with zero attached hydrogens (tertiary/aromatic N) is 7. The Bertz CT molecular complexity index is 1470. The predicted octanol–water partition coefficient (Wildman–Crippen LogP) is 2.96. The summed E-state index contributed by atoms with van der Waals surface area (Å²) in [5.41, 5.74) is 4.99. The minimum Gasteiger partial charge on any atom is -0.396 e. The van der Waals surface area contributed by atoms with Crippen LogP contribution in [0.1, 0.15) is 29.5 Å². The molecule has 6 rings (SSSR count). The number of amides is 1. The summed E-state index contributed by atoms with van der Waals surface area (Å²) in [6, 6.07) is 16.1. The summed E-state index contributed by atoms with van der Waals surface area (Å²) < 4.78 is 0. The highest BCUT2D eigenvalue weighted by atomic mass is 16.3. The third kappa shape index (κ3) is 5.84. The van der Waals surface area contributed by atoms with Gasteiger partial charge >= 0.3 is 0 Å². The van der Waals surface area contributed by atoms with Gasteiger partial charge in [0.1, 0.15) is 6.33 Å². The summed E-state index contributed by atoms with van der Waals surface area (Å²) in [6.45, 7) is 2.01. The Morgan fingerprint density at radius 1 is 0.950 bits per heavy atom. The zero-order valence-electron chi connectivity index (χ0n) is 22.1. The van der Waals surface area contributed by atoms with Gasteiger partial charge in [-0.05, 0) is 41.7 Å². The zero-order chi connectivity index (χ0) is 27.3. The highest BCUT2D eigenvalue weighted by Gasteiger charge is 2.30. The number of carbonyl (C=O) groups is 1. The topological polar surface area (TPSA) is 132 Å². The number of benzene rings is 2. The van der Waals surface area contributed by atoms with E-state index in [0.717, 1.165) is 35.3 Å². The molecule has 2 aliphatic rings. The first-order chi connectivity index (χ1) is 19.6. The Hall–Kier alpha value is -4.64. The fourth-order valence-corrected chi connectivity index (χ4v) is 5.19. The Morgan fingerprint density at radius 2 is 1.80 bits per heavy atom. The zero-order valence-corrected chi connectivity index (χ0v) is 22.1. The van der Waals surface area contributed by atoms with Crippen LogP contribution >= 0.6 is 0 Å². The third-order valence-electron chi connectivity index (χ3n) is 7.25. The van der Waals surface area contributed by atoms with E-state index in [2.05, 4.69) is 57.5 Å². The highest BCUT2D eigenvalue weighted by Crippen LogP contribution is 2.28. The number of fused-ring (bicyclic) bond motifs is 1. The second kappa shape index (κ2) is 11.6. The number of rotatable bonds is 8. The number of aliphatic hydroxyl groups is 1. The number of anilines is 5. The van der Waals surface area contributed by atoms with Gasteiger partial charge in [-0.2, -0.15) is 4.98 Å². The van der Waals surface area contributed by atoms with Crippen LogP contribution in [0, 0.1) is 0 Å². The summed E-state index contributed by atoms with van der Waals surface area (Å²) in [4.78, 5) is 38.7. The van der Waals surface area contributed by atoms with Crippen LogP contribution in [0.4, 0.5) is 29.2 Å². The molecular weight excluding hydrogens is 506 g/mol. The lowest BCUT2D eigenvalue weighted by Gasteiger charge is -2.41. The molecule has 4 aromatic rings. The molecule has 0 bridgehead atoms. The van der Waals surface area contributed by atoms with Crippen molar-refractivity contribution in [2.24, 2.45) is 0 Å². The normalized spacial score (nSPS) is 16.8. The number of piperazine rings is 1. The van der Waals surface area contributed by atoms with Gasteiger partial charge in [0.05, 0.1) is 6.04 Å². The first-order valence-electron chi connectivity index (χ1n) is 13.5. The number of carbonyl (C=O) groups excluding carboxylic acids is 1. The predicted molar refractivity (Wildman–Crippen MR) is 153 cm³/mol. The Balaban J connectivity index is 1.13. The minimum absolute atomic E-state index is 0.00356. The van der Waals surface area contributed by atoms with E-state index in [1.165, 1.54) is 11.9 Å². The monoisotopic (exact) mass is 537 g/mol. The maximum atomic E-state index is 11.8. The summed E-state index contributed by atoms with van der Waals surface area (Å²) in [7, 11) is 0. The average molecular weight is 538 g/mol. The molecule has 11 nitrogen and oxygen atoms in total. The molecule has 0 spiro atoms. The van der Waals surface area contributed by atoms with Crippen molar-refractivity contribution in [2.45, 2.75) is 31.7 Å². The van der Waals surface area contributed by atoms with Crippen molar-refractivity contribution in [3.05, 3.63) is 83.9 Å². The van der Waals surface area contributed by atoms with E-state index in [9.17, 15) is 9.90 Å². The molecule has 4 heterocycles. The Labute approximate surface area is 232 Å². The van der Waals surface area contributed by atoms with Crippen molar-refractivity contribution >= 4 is 35.1 Å². The number of aliphatic hydroxyl groups excluding tert-OH is 1. The number of aryl methyl sites for hydroxylation is 1. The van der Waals surface area contributed by atoms with E-state index in [4.69, 9.17) is 0 Å². The van der Waals surface area contributed by atoms with Crippen LogP contribution in [0.2, 0.25) is 0 Å². The van der Waals surface area contributed by atoms with E-state index in [1.54, 1.807) is 0 Å². The number of hydrogen-bond donors (Lipinski definition) is 3. The minimum atomic E-state index is -0.00356. The molecule has 1 unspecified atom stereocenters. The lowest BCUT2D eigenvalue weighted by molar-refractivity contribution is -0.116. The van der Waals surface area contributed by atoms with Gasteiger partial charge in [-0.25, -0.2) is 19.9 Å². The van der Waals surface area contributed by atoms with Gasteiger partial charge in [-0.1, -0.05) is 36.4 Å².